The predicted molar refractivity (Wildman–Crippen MR) is 299 cm³/mol. The van der Waals surface area contributed by atoms with E-state index in [0.29, 0.717) is 24.5 Å². The van der Waals surface area contributed by atoms with Gasteiger partial charge in [0.25, 0.3) is 5.91 Å². The van der Waals surface area contributed by atoms with Crippen LogP contribution in [0, 0.1) is 17.6 Å². The van der Waals surface area contributed by atoms with Crippen LogP contribution in [0.1, 0.15) is 74.4 Å². The minimum atomic E-state index is -1.07. The molecular formula is C59H61ClF2N10O4S. The number of fused-ring (bicyclic) bond motifs is 2. The molecule has 14 nitrogen and oxygen atoms in total. The molecule has 1 saturated heterocycles. The summed E-state index contributed by atoms with van der Waals surface area (Å²) in [6.07, 6.45) is 4.18. The number of aryl methyl sites for hydroxylation is 1. The van der Waals surface area contributed by atoms with E-state index < -0.39 is 16.6 Å². The highest BCUT2D eigenvalue weighted by atomic mass is 35.5. The van der Waals surface area contributed by atoms with Gasteiger partial charge in [-0.1, -0.05) is 78.3 Å². The molecule has 5 heterocycles. The molecular weight excluding hydrogens is 1020 g/mol. The first-order chi connectivity index (χ1) is 36.6. The van der Waals surface area contributed by atoms with E-state index in [-0.39, 0.29) is 65.5 Å². The lowest BCUT2D eigenvalue weighted by molar-refractivity contribution is -0.131. The van der Waals surface area contributed by atoms with Crippen LogP contribution in [0.4, 0.5) is 8.78 Å². The van der Waals surface area contributed by atoms with Gasteiger partial charge in [-0.05, 0) is 155 Å². The molecule has 5 aromatic carbocycles. The zero-order valence-corrected chi connectivity index (χ0v) is 45.2. The molecule has 0 saturated carbocycles. The molecule has 1 fully saturated rings. The number of rotatable bonds is 7. The summed E-state index contributed by atoms with van der Waals surface area (Å²) in [7, 11) is 3.27. The van der Waals surface area contributed by atoms with Gasteiger partial charge in [-0.25, -0.2) is 23.8 Å². The maximum atomic E-state index is 13.6. The zero-order valence-electron chi connectivity index (χ0n) is 43.6. The van der Waals surface area contributed by atoms with Crippen molar-refractivity contribution in [1.29, 1.82) is 0 Å². The predicted octanol–water partition coefficient (Wildman–Crippen LogP) is 9.39. The Morgan fingerprint density at radius 2 is 1.31 bits per heavy atom. The number of hydrogen-bond acceptors (Lipinski definition) is 11. The van der Waals surface area contributed by atoms with E-state index in [0.717, 1.165) is 81.6 Å². The highest BCUT2D eigenvalue weighted by Crippen LogP contribution is 2.45. The number of aliphatic imine (C=N–C) groups is 3. The molecule has 4 amide bonds. The second-order valence-electron chi connectivity index (χ2n) is 20.6. The fourth-order valence-electron chi connectivity index (χ4n) is 10.7. The van der Waals surface area contributed by atoms with E-state index in [2.05, 4.69) is 22.1 Å². The molecule has 0 bridgehead atoms. The van der Waals surface area contributed by atoms with E-state index in [1.165, 1.54) is 51.0 Å². The molecule has 11 rings (SSSR count). The number of carbonyl (C=O) groups is 4. The third-order valence-electron chi connectivity index (χ3n) is 15.2. The first-order valence-corrected chi connectivity index (χ1v) is 26.7. The van der Waals surface area contributed by atoms with Crippen molar-refractivity contribution in [2.75, 3.05) is 33.7 Å². The Bertz CT molecular complexity index is 3400. The average molecular weight is 1080 g/mol. The van der Waals surface area contributed by atoms with Gasteiger partial charge in [0, 0.05) is 50.6 Å². The summed E-state index contributed by atoms with van der Waals surface area (Å²) in [4.78, 5) is 70.3. The molecule has 1 aliphatic carbocycles. The van der Waals surface area contributed by atoms with Gasteiger partial charge in [0.2, 0.25) is 17.7 Å². The average Bonchev–Trinajstić information content (AvgIpc) is 4.16. The van der Waals surface area contributed by atoms with Crippen molar-refractivity contribution in [3.63, 3.8) is 0 Å². The number of halogens is 3. The number of nitrogens with two attached hydrogens (primary N) is 3. The number of benzene rings is 5. The van der Waals surface area contributed by atoms with E-state index in [1.54, 1.807) is 45.0 Å². The first kappa shape index (κ1) is 54.0. The normalized spacial score (nSPS) is 22.9. The fourth-order valence-corrected chi connectivity index (χ4v) is 11.9. The summed E-state index contributed by atoms with van der Waals surface area (Å²) in [5.41, 5.74) is 24.1. The van der Waals surface area contributed by atoms with Crippen molar-refractivity contribution in [3.8, 4) is 33.4 Å². The maximum Gasteiger partial charge on any atom is 0.261 e. The van der Waals surface area contributed by atoms with Gasteiger partial charge in [0.05, 0.1) is 18.4 Å². The molecule has 4 atom stereocenters. The van der Waals surface area contributed by atoms with Gasteiger partial charge in [-0.15, -0.1) is 11.3 Å². The second kappa shape index (κ2) is 21.7. The Kier molecular flexibility index (Phi) is 15.2. The van der Waals surface area contributed by atoms with E-state index in [1.807, 2.05) is 90.0 Å². The fraction of sp³-hybridized carbons (Fsp3) is 0.305. The lowest BCUT2D eigenvalue weighted by Crippen LogP contribution is -2.49. The van der Waals surface area contributed by atoms with Gasteiger partial charge in [0.15, 0.2) is 23.4 Å². The Morgan fingerprint density at radius 1 is 0.714 bits per heavy atom. The smallest absolute Gasteiger partial charge is 0.261 e. The standard InChI is InChI=1S/C23H25ClN4O2.C20H20FN3O.C16H16FN3OS/c1-15(29)27-10-9-16(13-27)14-28-21(30)23(2,26-22(28)25)19-7-3-5-17(11-19)18-6-4-8-20(24)12-18;1-24-18(25)12-20(23-19(24)22)9-3-5-13-7-8-15(11-17(13)20)14-4-2-6-16(21)10-14;1-16(8-14(21)20(2)15(18)19-16)13-7-11(9-22-13)10-4-3-5-12(17)6-10/h3-8,11-12,16H,9-10,13-14H2,1-2H3,(H2,25,26);2,4,6-8,10-11H,3,5,9,12H2,1H3,(H2,22,23);3-7,9H,8H2,1-2H3,(H2,18,19)/t16-,23?;20-;16-/m000/s1. The Hall–Kier alpha value is -7.76. The van der Waals surface area contributed by atoms with Crippen LogP contribution >= 0.6 is 22.9 Å². The second-order valence-corrected chi connectivity index (χ2v) is 22.0. The van der Waals surface area contributed by atoms with Crippen LogP contribution in [0.25, 0.3) is 33.4 Å². The number of thiophene rings is 1. The molecule has 1 aromatic heterocycles. The summed E-state index contributed by atoms with van der Waals surface area (Å²) in [5.74, 6) is 0.240. The largest absolute Gasteiger partial charge is 0.369 e. The number of nitrogens with zero attached hydrogens (tertiary/aromatic N) is 7. The third-order valence-corrected chi connectivity index (χ3v) is 16.6. The van der Waals surface area contributed by atoms with Gasteiger partial charge < -0.3 is 22.1 Å². The minimum absolute atomic E-state index is 0.0171. The Labute approximate surface area is 455 Å². The zero-order chi connectivity index (χ0) is 55.0. The van der Waals surface area contributed by atoms with Crippen molar-refractivity contribution in [2.45, 2.75) is 75.9 Å². The van der Waals surface area contributed by atoms with Gasteiger partial charge in [-0.3, -0.25) is 33.9 Å². The Balaban J connectivity index is 0.000000143. The summed E-state index contributed by atoms with van der Waals surface area (Å²) in [6.45, 7) is 7.11. The SMILES string of the molecule is CC(=O)N1CC[C@H](CN2C(=O)C(C)(c3cccc(-c4cccc(Cl)c4)c3)N=C2N)C1.CN1C(=O)C[C@@](C)(c2cc(-c3cccc(F)c3)cs2)N=C1N.CN1C(=O)C[C@]2(CCCc3ccc(-c4cccc(F)c4)cc32)N=C1N. The molecule has 6 N–H and O–H groups in total. The highest BCUT2D eigenvalue weighted by Gasteiger charge is 2.47. The van der Waals surface area contributed by atoms with Crippen LogP contribution < -0.4 is 17.2 Å². The first-order valence-electron chi connectivity index (χ1n) is 25.4. The Morgan fingerprint density at radius 3 is 1.94 bits per heavy atom. The van der Waals surface area contributed by atoms with Crippen molar-refractivity contribution in [2.24, 2.45) is 38.1 Å². The van der Waals surface area contributed by atoms with Crippen LogP contribution in [-0.4, -0.2) is 94.8 Å². The number of hydrogen-bond donors (Lipinski definition) is 3. The number of likely N-dealkylation sites (tertiary alicyclic amines) is 1. The monoisotopic (exact) mass is 1080 g/mol. The number of guanidine groups is 3. The van der Waals surface area contributed by atoms with E-state index >= 15 is 0 Å². The quantitative estimate of drug-likeness (QED) is 0.142. The van der Waals surface area contributed by atoms with Gasteiger partial charge >= 0.3 is 0 Å². The molecule has 1 unspecified atom stereocenters. The van der Waals surface area contributed by atoms with Crippen LogP contribution in [0.15, 0.2) is 142 Å². The summed E-state index contributed by atoms with van der Waals surface area (Å²) in [6, 6.07) is 36.5. The van der Waals surface area contributed by atoms with E-state index in [9.17, 15) is 28.0 Å². The summed E-state index contributed by atoms with van der Waals surface area (Å²) < 4.78 is 26.9. The van der Waals surface area contributed by atoms with Crippen molar-refractivity contribution < 1.29 is 28.0 Å². The summed E-state index contributed by atoms with van der Waals surface area (Å²) >= 11 is 7.64. The van der Waals surface area contributed by atoms with Crippen molar-refractivity contribution in [1.82, 2.24) is 19.6 Å². The van der Waals surface area contributed by atoms with Crippen molar-refractivity contribution >= 4 is 64.4 Å². The topological polar surface area (TPSA) is 196 Å². The molecule has 1 spiro atoms. The summed E-state index contributed by atoms with van der Waals surface area (Å²) in [5, 5.41) is 2.61. The maximum absolute atomic E-state index is 13.6. The molecule has 4 aliphatic heterocycles. The minimum Gasteiger partial charge on any atom is -0.369 e. The van der Waals surface area contributed by atoms with Crippen LogP contribution in [0.2, 0.25) is 5.02 Å². The molecule has 5 aliphatic rings. The van der Waals surface area contributed by atoms with Crippen LogP contribution in [0.5, 0.6) is 0 Å². The van der Waals surface area contributed by atoms with Gasteiger partial charge in [-0.2, -0.15) is 0 Å². The number of carbonyl (C=O) groups excluding carboxylic acids is 4. The van der Waals surface area contributed by atoms with E-state index in [4.69, 9.17) is 33.8 Å². The lowest BCUT2D eigenvalue weighted by Gasteiger charge is -2.40. The van der Waals surface area contributed by atoms with Crippen molar-refractivity contribution in [3.05, 3.63) is 165 Å². The number of amides is 4. The molecule has 77 heavy (non-hydrogen) atoms. The highest BCUT2D eigenvalue weighted by molar-refractivity contribution is 7.10. The van der Waals surface area contributed by atoms with Crippen LogP contribution in [0.3, 0.4) is 0 Å². The molecule has 398 valence electrons. The molecule has 0 radical (unpaired) electrons. The van der Waals surface area contributed by atoms with Gasteiger partial charge in [0.1, 0.15) is 17.2 Å². The lowest BCUT2D eigenvalue weighted by atomic mass is 9.73. The molecule has 6 aromatic rings. The van der Waals surface area contributed by atoms with Crippen LogP contribution in [-0.2, 0) is 42.2 Å². The molecule has 18 heteroatoms. The third kappa shape index (κ3) is 11.2.